The largest absolute Gasteiger partial charge is 0.0622 e. The highest BCUT2D eigenvalue weighted by Gasteiger charge is 1.89. The summed E-state index contributed by atoms with van der Waals surface area (Å²) in [5, 5.41) is 0. The fourth-order valence-electron chi connectivity index (χ4n) is 1.00. The smallest absolute Gasteiger partial charge is 0.0259 e. The van der Waals surface area contributed by atoms with Crippen molar-refractivity contribution in [2.24, 2.45) is 0 Å². The molecule has 0 aliphatic carbocycles. The van der Waals surface area contributed by atoms with Gasteiger partial charge in [-0.15, -0.1) is 0 Å². The van der Waals surface area contributed by atoms with Crippen LogP contribution in [0.5, 0.6) is 0 Å². The van der Waals surface area contributed by atoms with Crippen molar-refractivity contribution in [2.45, 2.75) is 12.8 Å². The zero-order valence-corrected chi connectivity index (χ0v) is 9.54. The molecule has 60 valence electrons. The van der Waals surface area contributed by atoms with Gasteiger partial charge in [0.25, 0.3) is 0 Å². The van der Waals surface area contributed by atoms with Crippen molar-refractivity contribution < 1.29 is 0 Å². The molecule has 0 nitrogen and oxygen atoms in total. The molecule has 1 unspecified atom stereocenters. The lowest BCUT2D eigenvalue weighted by Gasteiger charge is -1.97. The van der Waals surface area contributed by atoms with Gasteiger partial charge in [0.15, 0.2) is 0 Å². The maximum absolute atomic E-state index is 2.46. The zero-order chi connectivity index (χ0) is 7.94. The van der Waals surface area contributed by atoms with Crippen LogP contribution in [0.25, 0.3) is 0 Å². The Morgan fingerprint density at radius 1 is 1.18 bits per heavy atom. The molecule has 0 bridgehead atoms. The molecule has 0 radical (unpaired) electrons. The monoisotopic (exact) mass is 278 g/mol. The third-order valence-corrected chi connectivity index (χ3v) is 3.74. The molecule has 1 aromatic rings. The molecule has 0 fully saturated rings. The van der Waals surface area contributed by atoms with Crippen molar-refractivity contribution >= 4 is 28.3 Å². The molecule has 0 aromatic heterocycles. The van der Waals surface area contributed by atoms with Crippen molar-refractivity contribution in [3.8, 4) is 0 Å². The summed E-state index contributed by atoms with van der Waals surface area (Å²) in [5.41, 5.74) is 1.47. The molecule has 2 heteroatoms. The Bertz CT molecular complexity index is 186. The molecule has 1 atom stereocenters. The molecule has 0 aliphatic heterocycles. The second-order valence-electron chi connectivity index (χ2n) is 2.47. The van der Waals surface area contributed by atoms with E-state index in [1.165, 1.54) is 24.6 Å². The van der Waals surface area contributed by atoms with E-state index in [0.29, 0.717) is 0 Å². The van der Waals surface area contributed by atoms with Crippen LogP contribution < -0.4 is 0 Å². The molecule has 11 heavy (non-hydrogen) atoms. The van der Waals surface area contributed by atoms with Gasteiger partial charge in [-0.1, -0.05) is 58.6 Å². The van der Waals surface area contributed by atoms with E-state index < -0.39 is 0 Å². The van der Waals surface area contributed by atoms with Gasteiger partial charge in [0, 0.05) is 0 Å². The first-order valence-corrected chi connectivity index (χ1v) is 8.13. The maximum atomic E-state index is 2.46. The molecule has 0 aliphatic rings. The Kier molecular flexibility index (Phi) is 5.13. The summed E-state index contributed by atoms with van der Waals surface area (Å²) in [6.07, 6.45) is 5.04. The van der Waals surface area contributed by atoms with Crippen LogP contribution in [0.15, 0.2) is 30.3 Å². The Morgan fingerprint density at radius 2 is 1.91 bits per heavy atom. The molecule has 0 N–H and O–H groups in total. The third kappa shape index (κ3) is 4.07. The average molecular weight is 278 g/mol. The highest BCUT2D eigenvalue weighted by atomic mass is 127. The Morgan fingerprint density at radius 3 is 2.55 bits per heavy atom. The van der Waals surface area contributed by atoms with Crippen LogP contribution >= 0.6 is 28.3 Å². The summed E-state index contributed by atoms with van der Waals surface area (Å²) in [5.74, 6) is 0. The van der Waals surface area contributed by atoms with Gasteiger partial charge in [-0.3, -0.25) is 0 Å². The molecule has 1 rings (SSSR count). The van der Waals surface area contributed by atoms with E-state index in [1.54, 1.807) is 0 Å². The predicted molar refractivity (Wildman–Crippen MR) is 62.0 cm³/mol. The lowest BCUT2D eigenvalue weighted by atomic mass is 10.1. The van der Waals surface area contributed by atoms with E-state index in [4.69, 9.17) is 0 Å². The minimum absolute atomic E-state index is 1.08. The van der Waals surface area contributed by atoms with Crippen molar-refractivity contribution in [2.75, 3.05) is 6.16 Å². The van der Waals surface area contributed by atoms with Gasteiger partial charge in [0.1, 0.15) is 0 Å². The van der Waals surface area contributed by atoms with Crippen LogP contribution in [0, 0.1) is 0 Å². The fourth-order valence-corrected chi connectivity index (χ4v) is 2.46. The van der Waals surface area contributed by atoms with Gasteiger partial charge in [0.05, 0.1) is 0 Å². The summed E-state index contributed by atoms with van der Waals surface area (Å²) in [6, 6.07) is 10.7. The van der Waals surface area contributed by atoms with Crippen molar-refractivity contribution in [1.82, 2.24) is 0 Å². The molecule has 0 saturated carbocycles. The van der Waals surface area contributed by atoms with Crippen molar-refractivity contribution in [1.29, 1.82) is 0 Å². The van der Waals surface area contributed by atoms with E-state index in [0.717, 1.165) is 6.22 Å². The SMILES string of the molecule is IPCCCc1ccccc1. The number of halogens is 1. The second-order valence-corrected chi connectivity index (χ2v) is 5.53. The third-order valence-electron chi connectivity index (χ3n) is 1.58. The van der Waals surface area contributed by atoms with Gasteiger partial charge >= 0.3 is 0 Å². The fraction of sp³-hybridized carbons (Fsp3) is 0.333. The predicted octanol–water partition coefficient (Wildman–Crippen LogP) is 3.65. The van der Waals surface area contributed by atoms with E-state index in [1.807, 2.05) is 0 Å². The summed E-state index contributed by atoms with van der Waals surface area (Å²) in [6.45, 7) is 0. The summed E-state index contributed by atoms with van der Waals surface area (Å²) >= 11 is 2.46. The van der Waals surface area contributed by atoms with Crippen LogP contribution in [0.1, 0.15) is 12.0 Å². The number of rotatable bonds is 4. The lowest BCUT2D eigenvalue weighted by Crippen LogP contribution is -1.84. The minimum Gasteiger partial charge on any atom is -0.0622 e. The van der Waals surface area contributed by atoms with Crippen LogP contribution in [0.4, 0.5) is 0 Å². The quantitative estimate of drug-likeness (QED) is 0.448. The normalized spacial score (nSPS) is 11.0. The number of aryl methyl sites for hydroxylation is 1. The number of hydrogen-bond donors (Lipinski definition) is 0. The topological polar surface area (TPSA) is 0 Å². The average Bonchev–Trinajstić information content (AvgIpc) is 2.07. The van der Waals surface area contributed by atoms with Gasteiger partial charge < -0.3 is 0 Å². The van der Waals surface area contributed by atoms with Crippen molar-refractivity contribution in [3.05, 3.63) is 35.9 Å². The lowest BCUT2D eigenvalue weighted by molar-refractivity contribution is 0.934. The first kappa shape index (κ1) is 9.47. The van der Waals surface area contributed by atoms with E-state index in [-0.39, 0.29) is 0 Å². The Labute approximate surface area is 83.0 Å². The van der Waals surface area contributed by atoms with Crippen molar-refractivity contribution in [3.63, 3.8) is 0 Å². The molecule has 0 saturated heterocycles. The van der Waals surface area contributed by atoms with Gasteiger partial charge in [-0.05, 0) is 24.6 Å². The maximum Gasteiger partial charge on any atom is -0.0259 e. The van der Waals surface area contributed by atoms with Gasteiger partial charge in [-0.2, -0.15) is 0 Å². The van der Waals surface area contributed by atoms with Crippen LogP contribution in [-0.4, -0.2) is 6.16 Å². The van der Waals surface area contributed by atoms with E-state index in [2.05, 4.69) is 52.4 Å². The molecule has 1 aromatic carbocycles. The molecular formula is C9H12IP. The molecule has 0 spiro atoms. The molecule has 0 heterocycles. The summed E-state index contributed by atoms with van der Waals surface area (Å²) in [4.78, 5) is 0. The summed E-state index contributed by atoms with van der Waals surface area (Å²) in [7, 11) is 0. The highest BCUT2D eigenvalue weighted by molar-refractivity contribution is 14.2. The molecular weight excluding hydrogens is 266 g/mol. The highest BCUT2D eigenvalue weighted by Crippen LogP contribution is 2.21. The first-order chi connectivity index (χ1) is 5.43. The second kappa shape index (κ2) is 5.96. The standard InChI is InChI=1S/C9H12IP/c10-11-8-4-7-9-5-2-1-3-6-9/h1-3,5-6,11H,4,7-8H2. The molecule has 0 amide bonds. The first-order valence-electron chi connectivity index (χ1n) is 3.81. The van der Waals surface area contributed by atoms with E-state index in [9.17, 15) is 0 Å². The Hall–Kier alpha value is 0.380. The Balaban J connectivity index is 2.28. The van der Waals surface area contributed by atoms with Gasteiger partial charge in [-0.25, -0.2) is 0 Å². The van der Waals surface area contributed by atoms with Crippen LogP contribution in [-0.2, 0) is 6.42 Å². The zero-order valence-electron chi connectivity index (χ0n) is 6.39. The van der Waals surface area contributed by atoms with Crippen LogP contribution in [0.2, 0.25) is 0 Å². The number of benzene rings is 1. The minimum atomic E-state index is 1.08. The van der Waals surface area contributed by atoms with E-state index >= 15 is 0 Å². The van der Waals surface area contributed by atoms with Gasteiger partial charge in [0.2, 0.25) is 0 Å². The van der Waals surface area contributed by atoms with Crippen LogP contribution in [0.3, 0.4) is 0 Å². The number of hydrogen-bond acceptors (Lipinski definition) is 0. The summed E-state index contributed by atoms with van der Waals surface area (Å²) < 4.78 is 0.